The van der Waals surface area contributed by atoms with Gasteiger partial charge in [0.25, 0.3) is 5.91 Å². The summed E-state index contributed by atoms with van der Waals surface area (Å²) in [6.45, 7) is 0.548. The number of pyridine rings is 2. The molecule has 3 aromatic heterocycles. The minimum absolute atomic E-state index is 0.183. The van der Waals surface area contributed by atoms with Crippen LogP contribution in [-0.4, -0.2) is 38.1 Å². The van der Waals surface area contributed by atoms with Crippen LogP contribution in [0.1, 0.15) is 10.4 Å². The second kappa shape index (κ2) is 8.16. The molecule has 1 amide bonds. The van der Waals surface area contributed by atoms with Gasteiger partial charge in [0, 0.05) is 48.8 Å². The van der Waals surface area contributed by atoms with Gasteiger partial charge in [0.1, 0.15) is 0 Å². The van der Waals surface area contributed by atoms with Crippen molar-refractivity contribution in [3.8, 4) is 11.4 Å². The van der Waals surface area contributed by atoms with Crippen LogP contribution in [0.5, 0.6) is 0 Å². The lowest BCUT2D eigenvalue weighted by atomic mass is 10.2. The zero-order chi connectivity index (χ0) is 16.6. The Morgan fingerprint density at radius 3 is 2.50 bits per heavy atom. The van der Waals surface area contributed by atoms with E-state index in [1.165, 1.54) is 12.4 Å². The van der Waals surface area contributed by atoms with Gasteiger partial charge in [-0.2, -0.15) is 0 Å². The molecular formula is C17H15N5OS. The van der Waals surface area contributed by atoms with Crippen LogP contribution in [0.4, 0.5) is 0 Å². The van der Waals surface area contributed by atoms with Gasteiger partial charge in [0.15, 0.2) is 5.82 Å². The van der Waals surface area contributed by atoms with Gasteiger partial charge in [0.2, 0.25) is 0 Å². The van der Waals surface area contributed by atoms with E-state index in [0.29, 0.717) is 17.9 Å². The fraction of sp³-hybridized carbons (Fsp3) is 0.118. The van der Waals surface area contributed by atoms with E-state index < -0.39 is 0 Å². The first-order valence-electron chi connectivity index (χ1n) is 7.37. The maximum Gasteiger partial charge on any atom is 0.254 e. The third-order valence-electron chi connectivity index (χ3n) is 3.13. The topological polar surface area (TPSA) is 80.7 Å². The van der Waals surface area contributed by atoms with Gasteiger partial charge in [-0.1, -0.05) is 6.07 Å². The maximum absolute atomic E-state index is 12.1. The van der Waals surface area contributed by atoms with Crippen molar-refractivity contribution in [2.24, 2.45) is 0 Å². The first kappa shape index (κ1) is 16.1. The highest BCUT2D eigenvalue weighted by Crippen LogP contribution is 2.13. The molecule has 0 saturated heterocycles. The van der Waals surface area contributed by atoms with E-state index in [9.17, 15) is 4.79 Å². The number of thioether (sulfide) groups is 1. The number of aromatic nitrogens is 4. The quantitative estimate of drug-likeness (QED) is 0.550. The monoisotopic (exact) mass is 337 g/mol. The zero-order valence-electron chi connectivity index (χ0n) is 12.8. The Morgan fingerprint density at radius 1 is 1.00 bits per heavy atom. The summed E-state index contributed by atoms with van der Waals surface area (Å²) in [5.74, 6) is 1.14. The van der Waals surface area contributed by atoms with Crippen molar-refractivity contribution < 1.29 is 4.79 Å². The summed E-state index contributed by atoms with van der Waals surface area (Å²) >= 11 is 1.59. The van der Waals surface area contributed by atoms with Crippen molar-refractivity contribution in [3.63, 3.8) is 0 Å². The summed E-state index contributed by atoms with van der Waals surface area (Å²) in [4.78, 5) is 28.7. The van der Waals surface area contributed by atoms with Crippen molar-refractivity contribution in [1.29, 1.82) is 0 Å². The number of hydrogen-bond acceptors (Lipinski definition) is 6. The van der Waals surface area contributed by atoms with E-state index in [4.69, 9.17) is 0 Å². The molecule has 1 N–H and O–H groups in total. The molecule has 0 radical (unpaired) electrons. The minimum atomic E-state index is -0.183. The fourth-order valence-corrected chi connectivity index (χ4v) is 2.67. The lowest BCUT2D eigenvalue weighted by Crippen LogP contribution is -2.26. The highest BCUT2D eigenvalue weighted by Gasteiger charge is 2.07. The van der Waals surface area contributed by atoms with E-state index in [-0.39, 0.29) is 5.91 Å². The molecule has 0 fully saturated rings. The lowest BCUT2D eigenvalue weighted by Gasteiger charge is -2.05. The molecule has 6 nitrogen and oxygen atoms in total. The van der Waals surface area contributed by atoms with Crippen molar-refractivity contribution >= 4 is 17.7 Å². The largest absolute Gasteiger partial charge is 0.351 e. The Balaban J connectivity index is 1.50. The van der Waals surface area contributed by atoms with Gasteiger partial charge in [-0.25, -0.2) is 15.0 Å². The average Bonchev–Trinajstić information content (AvgIpc) is 2.67. The molecule has 7 heteroatoms. The predicted molar refractivity (Wildman–Crippen MR) is 92.6 cm³/mol. The van der Waals surface area contributed by atoms with Crippen molar-refractivity contribution in [3.05, 3.63) is 66.9 Å². The van der Waals surface area contributed by atoms with E-state index in [1.807, 2.05) is 30.3 Å². The third kappa shape index (κ3) is 4.36. The Hall–Kier alpha value is -2.80. The van der Waals surface area contributed by atoms with Crippen LogP contribution in [0, 0.1) is 0 Å². The van der Waals surface area contributed by atoms with Crippen LogP contribution >= 0.6 is 11.8 Å². The molecule has 0 saturated carbocycles. The van der Waals surface area contributed by atoms with E-state index in [1.54, 1.807) is 30.4 Å². The zero-order valence-corrected chi connectivity index (χ0v) is 13.6. The Kier molecular flexibility index (Phi) is 5.47. The number of carbonyl (C=O) groups is 1. The van der Waals surface area contributed by atoms with Gasteiger partial charge in [-0.15, -0.1) is 11.8 Å². The summed E-state index contributed by atoms with van der Waals surface area (Å²) in [5, 5.41) is 3.79. The number of rotatable bonds is 6. The molecule has 0 bridgehead atoms. The fourth-order valence-electron chi connectivity index (χ4n) is 1.95. The SMILES string of the molecule is O=C(NCCSc1ccccn1)c1cnc(-c2ccncc2)nc1. The van der Waals surface area contributed by atoms with E-state index >= 15 is 0 Å². The smallest absolute Gasteiger partial charge is 0.254 e. The molecule has 0 aliphatic heterocycles. The average molecular weight is 337 g/mol. The molecule has 3 aromatic rings. The standard InChI is InChI=1S/C17H15N5OS/c23-17(20-9-10-24-15-3-1-2-6-19-15)14-11-21-16(22-12-14)13-4-7-18-8-5-13/h1-8,11-12H,9-10H2,(H,20,23). The molecule has 3 rings (SSSR count). The van der Waals surface area contributed by atoms with Crippen molar-refractivity contribution in [2.75, 3.05) is 12.3 Å². The number of amides is 1. The molecule has 0 aliphatic carbocycles. The second-order valence-electron chi connectivity index (χ2n) is 4.80. The van der Waals surface area contributed by atoms with Crippen LogP contribution in [0.2, 0.25) is 0 Å². The van der Waals surface area contributed by atoms with Gasteiger partial charge >= 0.3 is 0 Å². The number of nitrogens with zero attached hydrogens (tertiary/aromatic N) is 4. The summed E-state index contributed by atoms with van der Waals surface area (Å²) in [5.41, 5.74) is 1.30. The Labute approximate surface area is 143 Å². The summed E-state index contributed by atoms with van der Waals surface area (Å²) in [6.07, 6.45) is 8.17. The molecule has 0 spiro atoms. The van der Waals surface area contributed by atoms with Crippen LogP contribution in [0.3, 0.4) is 0 Å². The van der Waals surface area contributed by atoms with Crippen LogP contribution in [0.25, 0.3) is 11.4 Å². The molecule has 0 atom stereocenters. The van der Waals surface area contributed by atoms with Crippen LogP contribution < -0.4 is 5.32 Å². The molecule has 0 aliphatic rings. The normalized spacial score (nSPS) is 10.3. The minimum Gasteiger partial charge on any atom is -0.351 e. The second-order valence-corrected chi connectivity index (χ2v) is 5.92. The van der Waals surface area contributed by atoms with E-state index in [2.05, 4.69) is 25.3 Å². The molecule has 3 heterocycles. The first-order chi connectivity index (χ1) is 11.8. The molecule has 0 unspecified atom stereocenters. The first-order valence-corrected chi connectivity index (χ1v) is 8.36. The lowest BCUT2D eigenvalue weighted by molar-refractivity contribution is 0.0955. The van der Waals surface area contributed by atoms with E-state index in [0.717, 1.165) is 16.3 Å². The summed E-state index contributed by atoms with van der Waals surface area (Å²) < 4.78 is 0. The molecule has 24 heavy (non-hydrogen) atoms. The predicted octanol–water partition coefficient (Wildman–Crippen LogP) is 2.46. The Morgan fingerprint density at radius 2 is 1.79 bits per heavy atom. The summed E-state index contributed by atoms with van der Waals surface area (Å²) in [7, 11) is 0. The number of hydrogen-bond donors (Lipinski definition) is 1. The van der Waals surface area contributed by atoms with Gasteiger partial charge in [-0.3, -0.25) is 9.78 Å². The third-order valence-corrected chi connectivity index (χ3v) is 4.07. The van der Waals surface area contributed by atoms with Crippen LogP contribution in [0.15, 0.2) is 66.3 Å². The highest BCUT2D eigenvalue weighted by atomic mass is 32.2. The number of carbonyl (C=O) groups excluding carboxylic acids is 1. The molecule has 0 aromatic carbocycles. The van der Waals surface area contributed by atoms with Gasteiger partial charge < -0.3 is 5.32 Å². The summed E-state index contributed by atoms with van der Waals surface area (Å²) in [6, 6.07) is 9.41. The van der Waals surface area contributed by atoms with Crippen molar-refractivity contribution in [2.45, 2.75) is 5.03 Å². The van der Waals surface area contributed by atoms with Gasteiger partial charge in [0.05, 0.1) is 10.6 Å². The molecular weight excluding hydrogens is 322 g/mol. The number of nitrogens with one attached hydrogen (secondary N) is 1. The molecule has 120 valence electrons. The van der Waals surface area contributed by atoms with Crippen LogP contribution in [-0.2, 0) is 0 Å². The van der Waals surface area contributed by atoms with Gasteiger partial charge in [-0.05, 0) is 24.3 Å². The highest BCUT2D eigenvalue weighted by molar-refractivity contribution is 7.99. The Bertz CT molecular complexity index is 781. The van der Waals surface area contributed by atoms with Crippen molar-refractivity contribution in [1.82, 2.24) is 25.3 Å². The maximum atomic E-state index is 12.1.